The summed E-state index contributed by atoms with van der Waals surface area (Å²) in [6.45, 7) is -1.01. The molecule has 0 unspecified atom stereocenters. The van der Waals surface area contributed by atoms with Gasteiger partial charge in [-0.05, 0) is 36.4 Å². The molecule has 1 aliphatic rings. The number of carbonyl (C=O) groups is 1. The van der Waals surface area contributed by atoms with Crippen LogP contribution in [0.5, 0.6) is 5.75 Å². The number of amides is 2. The summed E-state index contributed by atoms with van der Waals surface area (Å²) in [5, 5.41) is 4.49. The van der Waals surface area contributed by atoms with Gasteiger partial charge < -0.3 is 20.1 Å². The molecule has 36 heavy (non-hydrogen) atoms. The van der Waals surface area contributed by atoms with Crippen molar-refractivity contribution >= 4 is 27.4 Å². The van der Waals surface area contributed by atoms with Crippen molar-refractivity contribution < 1.29 is 49.0 Å². The van der Waals surface area contributed by atoms with Crippen molar-refractivity contribution in [2.24, 2.45) is 0 Å². The molecule has 15 heteroatoms. The van der Waals surface area contributed by atoms with Crippen LogP contribution < -0.4 is 20.1 Å². The molecule has 0 atom stereocenters. The van der Waals surface area contributed by atoms with E-state index in [1.54, 1.807) is 0 Å². The van der Waals surface area contributed by atoms with Gasteiger partial charge in [0, 0.05) is 18.5 Å². The number of hydrogen-bond acceptors (Lipinski definition) is 5. The Balaban J connectivity index is 1.85. The second kappa shape index (κ2) is 10.9. The lowest BCUT2D eigenvalue weighted by Crippen LogP contribution is -2.33. The van der Waals surface area contributed by atoms with E-state index in [2.05, 4.69) is 10.6 Å². The molecule has 3 rings (SSSR count). The zero-order chi connectivity index (χ0) is 26.6. The van der Waals surface area contributed by atoms with Crippen molar-refractivity contribution in [1.82, 2.24) is 4.72 Å². The molecule has 8 nitrogen and oxygen atoms in total. The smallest absolute Gasteiger partial charge is 0.416 e. The lowest BCUT2D eigenvalue weighted by atomic mass is 10.1. The summed E-state index contributed by atoms with van der Waals surface area (Å²) in [6, 6.07) is 5.81. The Morgan fingerprint density at radius 2 is 1.69 bits per heavy atom. The van der Waals surface area contributed by atoms with E-state index in [9.17, 15) is 39.6 Å². The molecule has 1 aliphatic heterocycles. The molecule has 3 N–H and O–H groups in total. The highest BCUT2D eigenvalue weighted by Crippen LogP contribution is 2.32. The summed E-state index contributed by atoms with van der Waals surface area (Å²) < 4.78 is 113. The van der Waals surface area contributed by atoms with E-state index in [-0.39, 0.29) is 23.2 Å². The Morgan fingerprint density at radius 3 is 2.33 bits per heavy atom. The minimum atomic E-state index is -4.80. The summed E-state index contributed by atoms with van der Waals surface area (Å²) in [5.41, 5.74) is -1.43. The van der Waals surface area contributed by atoms with E-state index < -0.39 is 45.4 Å². The Morgan fingerprint density at radius 1 is 1.00 bits per heavy atom. The van der Waals surface area contributed by atoms with Crippen LogP contribution in [0.4, 0.5) is 42.5 Å². The fraction of sp³-hybridized carbons (Fsp3) is 0.381. The first-order valence-corrected chi connectivity index (χ1v) is 11.9. The minimum absolute atomic E-state index is 0.0101. The summed E-state index contributed by atoms with van der Waals surface area (Å²) >= 11 is 0. The van der Waals surface area contributed by atoms with Gasteiger partial charge in [0.2, 0.25) is 10.0 Å². The number of sulfonamides is 1. The average Bonchev–Trinajstić information content (AvgIpc) is 2.79. The van der Waals surface area contributed by atoms with Crippen LogP contribution in [0.1, 0.15) is 18.4 Å². The molecule has 0 saturated carbocycles. The number of alkyl halides is 6. The van der Waals surface area contributed by atoms with E-state index in [4.69, 9.17) is 9.47 Å². The maximum Gasteiger partial charge on any atom is 0.416 e. The molecule has 0 spiro atoms. The number of hydrogen-bond donors (Lipinski definition) is 3. The maximum atomic E-state index is 12.9. The number of anilines is 2. The van der Waals surface area contributed by atoms with Crippen molar-refractivity contribution in [3.8, 4) is 5.75 Å². The minimum Gasteiger partial charge on any atom is -0.488 e. The molecule has 0 bridgehead atoms. The first-order chi connectivity index (χ1) is 16.7. The molecule has 0 aliphatic carbocycles. The van der Waals surface area contributed by atoms with Crippen LogP contribution in [0, 0.1) is 0 Å². The monoisotopic (exact) mass is 541 g/mol. The van der Waals surface area contributed by atoms with Crippen LogP contribution >= 0.6 is 0 Å². The zero-order valence-electron chi connectivity index (χ0n) is 18.4. The average molecular weight is 541 g/mol. The first-order valence-electron chi connectivity index (χ1n) is 10.4. The van der Waals surface area contributed by atoms with Gasteiger partial charge in [-0.25, -0.2) is 17.9 Å². The van der Waals surface area contributed by atoms with E-state index in [1.165, 1.54) is 10.8 Å². The maximum absolute atomic E-state index is 12.9. The number of halogens is 6. The van der Waals surface area contributed by atoms with Crippen LogP contribution in [-0.4, -0.2) is 46.5 Å². The fourth-order valence-corrected chi connectivity index (χ4v) is 4.21. The lowest BCUT2D eigenvalue weighted by molar-refractivity contribution is -0.137. The number of nitrogens with one attached hydrogen (secondary N) is 3. The second-order valence-corrected chi connectivity index (χ2v) is 9.45. The normalized spacial score (nSPS) is 15.4. The molecule has 1 heterocycles. The third-order valence-electron chi connectivity index (χ3n) is 4.88. The Bertz CT molecular complexity index is 1180. The molecule has 2 amide bonds. The van der Waals surface area contributed by atoms with E-state index >= 15 is 0 Å². The molecule has 1 fully saturated rings. The topological polar surface area (TPSA) is 106 Å². The van der Waals surface area contributed by atoms with Crippen LogP contribution in [-0.2, 0) is 20.9 Å². The van der Waals surface area contributed by atoms with Crippen LogP contribution in [0.2, 0.25) is 0 Å². The predicted octanol–water partition coefficient (Wildman–Crippen LogP) is 4.75. The number of urea groups is 1. The van der Waals surface area contributed by atoms with Crippen molar-refractivity contribution in [3.05, 3.63) is 48.0 Å². The van der Waals surface area contributed by atoms with Crippen molar-refractivity contribution in [2.45, 2.75) is 36.2 Å². The second-order valence-electron chi connectivity index (χ2n) is 7.68. The van der Waals surface area contributed by atoms with Gasteiger partial charge >= 0.3 is 18.4 Å². The molecule has 0 radical (unpaired) electrons. The quantitative estimate of drug-likeness (QED) is 0.439. The van der Waals surface area contributed by atoms with Gasteiger partial charge in [-0.3, -0.25) is 0 Å². The van der Waals surface area contributed by atoms with E-state index in [1.807, 2.05) is 0 Å². The molecule has 1 saturated heterocycles. The van der Waals surface area contributed by atoms with Crippen molar-refractivity contribution in [1.29, 1.82) is 0 Å². The Hall–Kier alpha value is -3.04. The third-order valence-corrected chi connectivity index (χ3v) is 6.28. The molecule has 2 aromatic rings. The standard InChI is InChI=1S/C21H21F6N3O5S/c22-20(23,24)12-28-36(32,33)16-4-5-18(35-15-6-8-34-9-7-15)17(11-16)30-19(31)29-14-3-1-2-13(10-14)21(25,26)27/h1-5,10-11,15,28H,6-9,12H2,(H2,29,30,31). The van der Waals surface area contributed by atoms with Crippen molar-refractivity contribution in [3.63, 3.8) is 0 Å². The van der Waals surface area contributed by atoms with E-state index in [0.717, 1.165) is 30.3 Å². The number of benzene rings is 2. The SMILES string of the molecule is O=C(Nc1cccc(C(F)(F)F)c1)Nc1cc(S(=O)(=O)NCC(F)(F)F)ccc1OC1CCOCC1. The highest BCUT2D eigenvalue weighted by atomic mass is 32.2. The third kappa shape index (κ3) is 7.99. The molecular formula is C21H21F6N3O5S. The van der Waals surface area contributed by atoms with Gasteiger partial charge in [0.25, 0.3) is 0 Å². The van der Waals surface area contributed by atoms with Crippen LogP contribution in [0.3, 0.4) is 0 Å². The van der Waals surface area contributed by atoms with Gasteiger partial charge in [-0.15, -0.1) is 0 Å². The van der Waals surface area contributed by atoms with Crippen LogP contribution in [0.25, 0.3) is 0 Å². The Kier molecular flexibility index (Phi) is 8.36. The predicted molar refractivity (Wildman–Crippen MR) is 116 cm³/mol. The highest BCUT2D eigenvalue weighted by Gasteiger charge is 2.31. The molecule has 2 aromatic carbocycles. The zero-order valence-corrected chi connectivity index (χ0v) is 19.2. The molecule has 0 aromatic heterocycles. The number of ether oxygens (including phenoxy) is 2. The highest BCUT2D eigenvalue weighted by molar-refractivity contribution is 7.89. The summed E-state index contributed by atoms with van der Waals surface area (Å²) in [5.74, 6) is 0.0101. The fourth-order valence-electron chi connectivity index (χ4n) is 3.17. The summed E-state index contributed by atoms with van der Waals surface area (Å²) in [6.07, 6.45) is -8.82. The summed E-state index contributed by atoms with van der Waals surface area (Å²) in [7, 11) is -4.62. The Labute approximate surface area is 202 Å². The van der Waals surface area contributed by atoms with Gasteiger partial charge in [-0.2, -0.15) is 26.3 Å². The van der Waals surface area contributed by atoms with Gasteiger partial charge in [-0.1, -0.05) is 6.07 Å². The largest absolute Gasteiger partial charge is 0.488 e. The first kappa shape index (κ1) is 27.5. The summed E-state index contributed by atoms with van der Waals surface area (Å²) in [4.78, 5) is 11.9. The molecule has 198 valence electrons. The number of carbonyl (C=O) groups excluding carboxylic acids is 1. The number of rotatable bonds is 7. The van der Waals surface area contributed by atoms with E-state index in [0.29, 0.717) is 32.1 Å². The van der Waals surface area contributed by atoms with Gasteiger partial charge in [0.05, 0.1) is 29.4 Å². The van der Waals surface area contributed by atoms with Gasteiger partial charge in [0.15, 0.2) is 0 Å². The molecular weight excluding hydrogens is 520 g/mol. The van der Waals surface area contributed by atoms with Gasteiger partial charge in [0.1, 0.15) is 18.4 Å². The van der Waals surface area contributed by atoms with Crippen LogP contribution in [0.15, 0.2) is 47.4 Å². The lowest BCUT2D eigenvalue weighted by Gasteiger charge is -2.25. The van der Waals surface area contributed by atoms with Crippen molar-refractivity contribution in [2.75, 3.05) is 30.4 Å².